The summed E-state index contributed by atoms with van der Waals surface area (Å²) in [6, 6.07) is 1.14. The molecule has 0 aliphatic carbocycles. The van der Waals surface area contributed by atoms with E-state index in [4.69, 9.17) is 4.74 Å². The Balaban J connectivity index is 2.05. The Morgan fingerprint density at radius 1 is 1.25 bits per heavy atom. The minimum Gasteiger partial charge on any atom is -0.378 e. The van der Waals surface area contributed by atoms with Gasteiger partial charge in [-0.15, -0.1) is 0 Å². The molecule has 0 spiro atoms. The van der Waals surface area contributed by atoms with E-state index in [1.54, 1.807) is 11.8 Å². The van der Waals surface area contributed by atoms with Gasteiger partial charge in [0.15, 0.2) is 17.5 Å². The van der Waals surface area contributed by atoms with E-state index in [0.29, 0.717) is 26.3 Å². The van der Waals surface area contributed by atoms with Gasteiger partial charge >= 0.3 is 0 Å². The Hall–Kier alpha value is -1.76. The van der Waals surface area contributed by atoms with Gasteiger partial charge in [0.2, 0.25) is 5.91 Å². The Labute approximate surface area is 114 Å². The van der Waals surface area contributed by atoms with E-state index in [1.165, 1.54) is 0 Å². The number of anilines is 1. The minimum absolute atomic E-state index is 0.238. The van der Waals surface area contributed by atoms with E-state index >= 15 is 0 Å². The summed E-state index contributed by atoms with van der Waals surface area (Å²) in [5.41, 5.74) is -0.238. The van der Waals surface area contributed by atoms with E-state index in [-0.39, 0.29) is 11.6 Å². The van der Waals surface area contributed by atoms with Crippen LogP contribution in [0.25, 0.3) is 0 Å². The van der Waals surface area contributed by atoms with Crippen molar-refractivity contribution >= 4 is 11.6 Å². The number of rotatable bonds is 3. The van der Waals surface area contributed by atoms with Gasteiger partial charge in [0.1, 0.15) is 6.04 Å². The molecule has 1 N–H and O–H groups in total. The maximum Gasteiger partial charge on any atom is 0.244 e. The second-order valence-electron chi connectivity index (χ2n) is 4.53. The predicted molar refractivity (Wildman–Crippen MR) is 66.8 cm³/mol. The smallest absolute Gasteiger partial charge is 0.244 e. The third-order valence-corrected chi connectivity index (χ3v) is 3.10. The molecule has 1 aliphatic rings. The Morgan fingerprint density at radius 3 is 2.55 bits per heavy atom. The first-order chi connectivity index (χ1) is 9.50. The first-order valence-electron chi connectivity index (χ1n) is 6.27. The number of morpholine rings is 1. The summed E-state index contributed by atoms with van der Waals surface area (Å²) in [7, 11) is 0. The molecule has 1 aliphatic heterocycles. The number of ether oxygens (including phenoxy) is 1. The lowest BCUT2D eigenvalue weighted by molar-refractivity contribution is -0.135. The standard InChI is InChI=1S/C13H15F3N2O2/c1-8(13(19)18-4-6-20-7-5-18)17-10-3-2-9(14)11(15)12(10)16/h2-3,8,17H,4-7H2,1H3. The van der Waals surface area contributed by atoms with Gasteiger partial charge in [0.25, 0.3) is 0 Å². The van der Waals surface area contributed by atoms with Crippen molar-refractivity contribution in [1.29, 1.82) is 0 Å². The van der Waals surface area contributed by atoms with Crippen molar-refractivity contribution in [3.8, 4) is 0 Å². The van der Waals surface area contributed by atoms with Crippen LogP contribution in [0, 0.1) is 17.5 Å². The molecular formula is C13H15F3N2O2. The molecule has 110 valence electrons. The average molecular weight is 288 g/mol. The van der Waals surface area contributed by atoms with Crippen LogP contribution in [-0.4, -0.2) is 43.2 Å². The van der Waals surface area contributed by atoms with Crippen molar-refractivity contribution in [1.82, 2.24) is 4.90 Å². The molecule has 1 unspecified atom stereocenters. The minimum atomic E-state index is -1.55. The first kappa shape index (κ1) is 14.6. The molecule has 1 aromatic rings. The molecule has 1 atom stereocenters. The fourth-order valence-corrected chi connectivity index (χ4v) is 1.99. The summed E-state index contributed by atoms with van der Waals surface area (Å²) >= 11 is 0. The summed E-state index contributed by atoms with van der Waals surface area (Å²) < 4.78 is 44.5. The van der Waals surface area contributed by atoms with E-state index in [0.717, 1.165) is 12.1 Å². The van der Waals surface area contributed by atoms with Crippen molar-refractivity contribution < 1.29 is 22.7 Å². The van der Waals surface area contributed by atoms with Gasteiger partial charge in [-0.3, -0.25) is 4.79 Å². The lowest BCUT2D eigenvalue weighted by Crippen LogP contribution is -2.47. The molecule has 0 aromatic heterocycles. The second-order valence-corrected chi connectivity index (χ2v) is 4.53. The maximum absolute atomic E-state index is 13.5. The molecule has 4 nitrogen and oxygen atoms in total. The average Bonchev–Trinajstić information content (AvgIpc) is 2.48. The van der Waals surface area contributed by atoms with E-state index in [2.05, 4.69) is 5.32 Å². The molecule has 1 aromatic carbocycles. The van der Waals surface area contributed by atoms with Crippen LogP contribution in [0.4, 0.5) is 18.9 Å². The molecule has 7 heteroatoms. The zero-order valence-electron chi connectivity index (χ0n) is 11.0. The van der Waals surface area contributed by atoms with Crippen LogP contribution in [0.15, 0.2) is 12.1 Å². The molecule has 0 saturated carbocycles. The van der Waals surface area contributed by atoms with Gasteiger partial charge in [-0.2, -0.15) is 0 Å². The lowest BCUT2D eigenvalue weighted by atomic mass is 10.2. The monoisotopic (exact) mass is 288 g/mol. The molecule has 0 radical (unpaired) electrons. The molecule has 1 saturated heterocycles. The summed E-state index contributed by atoms with van der Waals surface area (Å²) in [5.74, 6) is -4.38. The highest BCUT2D eigenvalue weighted by atomic mass is 19.2. The van der Waals surface area contributed by atoms with E-state index < -0.39 is 23.5 Å². The zero-order valence-corrected chi connectivity index (χ0v) is 11.0. The van der Waals surface area contributed by atoms with Crippen LogP contribution >= 0.6 is 0 Å². The van der Waals surface area contributed by atoms with Crippen molar-refractivity contribution in [2.45, 2.75) is 13.0 Å². The van der Waals surface area contributed by atoms with Crippen molar-refractivity contribution in [2.24, 2.45) is 0 Å². The zero-order chi connectivity index (χ0) is 14.7. The van der Waals surface area contributed by atoms with Crippen molar-refractivity contribution in [3.05, 3.63) is 29.6 Å². The number of hydrogen-bond donors (Lipinski definition) is 1. The Kier molecular flexibility index (Phi) is 4.49. The molecule has 1 fully saturated rings. The number of carbonyl (C=O) groups is 1. The van der Waals surface area contributed by atoms with Crippen LogP contribution in [0.1, 0.15) is 6.92 Å². The van der Waals surface area contributed by atoms with Gasteiger partial charge in [-0.05, 0) is 19.1 Å². The van der Waals surface area contributed by atoms with Crippen LogP contribution in [0.2, 0.25) is 0 Å². The Morgan fingerprint density at radius 2 is 1.90 bits per heavy atom. The maximum atomic E-state index is 13.5. The Bertz CT molecular complexity index is 505. The highest BCUT2D eigenvalue weighted by Crippen LogP contribution is 2.20. The molecule has 1 amide bonds. The fourth-order valence-electron chi connectivity index (χ4n) is 1.99. The van der Waals surface area contributed by atoms with E-state index in [9.17, 15) is 18.0 Å². The van der Waals surface area contributed by atoms with Crippen molar-refractivity contribution in [3.63, 3.8) is 0 Å². The number of hydrogen-bond acceptors (Lipinski definition) is 3. The van der Waals surface area contributed by atoms with E-state index in [1.807, 2.05) is 0 Å². The SMILES string of the molecule is CC(Nc1ccc(F)c(F)c1F)C(=O)N1CCOCC1. The highest BCUT2D eigenvalue weighted by Gasteiger charge is 2.24. The summed E-state index contributed by atoms with van der Waals surface area (Å²) in [5, 5.41) is 2.56. The number of carbonyl (C=O) groups excluding carboxylic acids is 1. The molecule has 0 bridgehead atoms. The quantitative estimate of drug-likeness (QED) is 0.862. The van der Waals surface area contributed by atoms with Gasteiger partial charge in [0.05, 0.1) is 18.9 Å². The lowest BCUT2D eigenvalue weighted by Gasteiger charge is -2.29. The second kappa shape index (κ2) is 6.13. The summed E-state index contributed by atoms with van der Waals surface area (Å²) in [6.07, 6.45) is 0. The van der Waals surface area contributed by atoms with Gasteiger partial charge < -0.3 is 15.0 Å². The third-order valence-electron chi connectivity index (χ3n) is 3.10. The van der Waals surface area contributed by atoms with Gasteiger partial charge in [-0.1, -0.05) is 0 Å². The predicted octanol–water partition coefficient (Wildman–Crippen LogP) is 1.76. The highest BCUT2D eigenvalue weighted by molar-refractivity contribution is 5.84. The summed E-state index contributed by atoms with van der Waals surface area (Å²) in [6.45, 7) is 3.38. The first-order valence-corrected chi connectivity index (χ1v) is 6.27. The fraction of sp³-hybridized carbons (Fsp3) is 0.462. The van der Waals surface area contributed by atoms with Crippen LogP contribution in [-0.2, 0) is 9.53 Å². The molecule has 2 rings (SSSR count). The van der Waals surface area contributed by atoms with Gasteiger partial charge in [-0.25, -0.2) is 13.2 Å². The number of amides is 1. The molecule has 1 heterocycles. The molecular weight excluding hydrogens is 273 g/mol. The van der Waals surface area contributed by atoms with Crippen LogP contribution in [0.5, 0.6) is 0 Å². The normalized spacial score (nSPS) is 16.9. The topological polar surface area (TPSA) is 41.6 Å². The van der Waals surface area contributed by atoms with Crippen LogP contribution < -0.4 is 5.32 Å². The third kappa shape index (κ3) is 3.04. The number of benzene rings is 1. The molecule has 20 heavy (non-hydrogen) atoms. The number of halogens is 3. The van der Waals surface area contributed by atoms with Crippen molar-refractivity contribution in [2.75, 3.05) is 31.6 Å². The number of nitrogens with zero attached hydrogens (tertiary/aromatic N) is 1. The largest absolute Gasteiger partial charge is 0.378 e. The number of nitrogens with one attached hydrogen (secondary N) is 1. The van der Waals surface area contributed by atoms with Gasteiger partial charge in [0, 0.05) is 13.1 Å². The van der Waals surface area contributed by atoms with Crippen LogP contribution in [0.3, 0.4) is 0 Å². The summed E-state index contributed by atoms with van der Waals surface area (Å²) in [4.78, 5) is 13.7.